The third kappa shape index (κ3) is 5.29. The summed E-state index contributed by atoms with van der Waals surface area (Å²) in [5.74, 6) is 2.96. The monoisotopic (exact) mass is 492 g/mol. The molecule has 0 amide bonds. The molecular formula is C25H37ClN4S2. The first-order valence-corrected chi connectivity index (χ1v) is 13.9. The largest absolute Gasteiger partial charge is 0.369 e. The van der Waals surface area contributed by atoms with E-state index in [0.717, 1.165) is 30.3 Å². The lowest BCUT2D eigenvalue weighted by Crippen LogP contribution is -2.33. The van der Waals surface area contributed by atoms with Crippen molar-refractivity contribution in [2.75, 3.05) is 31.2 Å². The number of fused-ring (bicyclic) bond motifs is 1. The summed E-state index contributed by atoms with van der Waals surface area (Å²) in [6.45, 7) is 11.3. The Kier molecular flexibility index (Phi) is 7.17. The Morgan fingerprint density at radius 2 is 2.12 bits per heavy atom. The van der Waals surface area contributed by atoms with Crippen LogP contribution < -0.4 is 10.6 Å². The lowest BCUT2D eigenvalue weighted by Gasteiger charge is -2.33. The predicted octanol–water partition coefficient (Wildman–Crippen LogP) is 6.39. The van der Waals surface area contributed by atoms with Gasteiger partial charge in [-0.2, -0.15) is 16.9 Å². The first-order chi connectivity index (χ1) is 15.1. The van der Waals surface area contributed by atoms with Crippen LogP contribution in [0.2, 0.25) is 5.02 Å². The van der Waals surface area contributed by atoms with Gasteiger partial charge in [-0.05, 0) is 83.0 Å². The highest BCUT2D eigenvalue weighted by atomic mass is 35.5. The molecule has 4 nitrogen and oxygen atoms in total. The lowest BCUT2D eigenvalue weighted by atomic mass is 9.98. The average Bonchev–Trinajstić information content (AvgIpc) is 3.50. The van der Waals surface area contributed by atoms with Gasteiger partial charge in [-0.15, -0.1) is 11.8 Å². The molecule has 32 heavy (non-hydrogen) atoms. The molecule has 0 bridgehead atoms. The van der Waals surface area contributed by atoms with Gasteiger partial charge in [0.2, 0.25) is 0 Å². The number of anilines is 1. The summed E-state index contributed by atoms with van der Waals surface area (Å²) >= 11 is 10.5. The number of hydrogen-bond donors (Lipinski definition) is 2. The van der Waals surface area contributed by atoms with E-state index in [1.807, 2.05) is 13.1 Å². The zero-order valence-electron chi connectivity index (χ0n) is 20.2. The molecule has 4 rings (SSSR count). The van der Waals surface area contributed by atoms with Crippen LogP contribution in [0, 0.1) is 6.92 Å². The van der Waals surface area contributed by atoms with Crippen molar-refractivity contribution < 1.29 is 0 Å². The van der Waals surface area contributed by atoms with E-state index >= 15 is 0 Å². The van der Waals surface area contributed by atoms with Crippen molar-refractivity contribution >= 4 is 40.9 Å². The molecule has 2 aliphatic rings. The van der Waals surface area contributed by atoms with Crippen molar-refractivity contribution in [1.29, 1.82) is 0 Å². The van der Waals surface area contributed by atoms with E-state index in [0.29, 0.717) is 5.92 Å². The standard InChI is InChI=1S/C25H37ClN4S2/c1-16-13-18(26)9-10-19(16)22-20-21(17-7-8-17)29-30(6)23(20)28-15-25(4,32-22)11-12-31-24(2,3)14-27-5/h9-10,13,17,22,27-28H,7-8,11-12,14-15H2,1-6H3. The van der Waals surface area contributed by atoms with Crippen molar-refractivity contribution in [2.45, 2.75) is 67.6 Å². The van der Waals surface area contributed by atoms with Gasteiger partial charge in [0.1, 0.15) is 5.82 Å². The highest BCUT2D eigenvalue weighted by molar-refractivity contribution is 8.01. The van der Waals surface area contributed by atoms with Crippen molar-refractivity contribution in [2.24, 2.45) is 7.05 Å². The topological polar surface area (TPSA) is 41.9 Å². The molecule has 0 saturated heterocycles. The summed E-state index contributed by atoms with van der Waals surface area (Å²) < 4.78 is 2.45. The number of nitrogens with one attached hydrogen (secondary N) is 2. The van der Waals surface area contributed by atoms with Crippen molar-refractivity contribution in [3.8, 4) is 0 Å². The molecule has 1 saturated carbocycles. The third-order valence-corrected chi connectivity index (χ3v) is 9.82. The fourth-order valence-corrected chi connectivity index (χ4v) is 8.06. The van der Waals surface area contributed by atoms with E-state index in [1.54, 1.807) is 0 Å². The average molecular weight is 493 g/mol. The second kappa shape index (κ2) is 9.44. The van der Waals surface area contributed by atoms with Crippen LogP contribution >= 0.6 is 35.1 Å². The molecule has 176 valence electrons. The molecule has 2 atom stereocenters. The zero-order chi connectivity index (χ0) is 23.1. The van der Waals surface area contributed by atoms with Crippen LogP contribution in [0.25, 0.3) is 0 Å². The Balaban J connectivity index is 1.66. The molecular weight excluding hydrogens is 456 g/mol. The summed E-state index contributed by atoms with van der Waals surface area (Å²) in [5.41, 5.74) is 5.34. The number of rotatable bonds is 8. The molecule has 2 heterocycles. The van der Waals surface area contributed by atoms with Crippen LogP contribution in [0.3, 0.4) is 0 Å². The van der Waals surface area contributed by atoms with Crippen molar-refractivity contribution in [1.82, 2.24) is 15.1 Å². The smallest absolute Gasteiger partial charge is 0.128 e. The Morgan fingerprint density at radius 1 is 1.38 bits per heavy atom. The molecule has 0 radical (unpaired) electrons. The van der Waals surface area contributed by atoms with Gasteiger partial charge in [0.15, 0.2) is 0 Å². The number of nitrogens with zero attached hydrogens (tertiary/aromatic N) is 2. The van der Waals surface area contributed by atoms with Crippen LogP contribution in [0.15, 0.2) is 18.2 Å². The predicted molar refractivity (Wildman–Crippen MR) is 143 cm³/mol. The van der Waals surface area contributed by atoms with E-state index in [-0.39, 0.29) is 14.7 Å². The maximum absolute atomic E-state index is 6.33. The number of aryl methyl sites for hydroxylation is 2. The second-order valence-corrected chi connectivity index (χ2v) is 14.2. The van der Waals surface area contributed by atoms with E-state index in [4.69, 9.17) is 16.7 Å². The maximum atomic E-state index is 6.33. The van der Waals surface area contributed by atoms with Gasteiger partial charge in [-0.3, -0.25) is 4.68 Å². The lowest BCUT2D eigenvalue weighted by molar-refractivity contribution is 0.627. The zero-order valence-corrected chi connectivity index (χ0v) is 22.6. The Bertz CT molecular complexity index is 969. The summed E-state index contributed by atoms with van der Waals surface area (Å²) in [5, 5.41) is 13.2. The van der Waals surface area contributed by atoms with Crippen molar-refractivity contribution in [3.05, 3.63) is 45.6 Å². The molecule has 1 aromatic heterocycles. The summed E-state index contributed by atoms with van der Waals surface area (Å²) in [6.07, 6.45) is 3.68. The normalized spacial score (nSPS) is 23.5. The minimum atomic E-state index is 0.124. The van der Waals surface area contributed by atoms with Crippen LogP contribution in [0.4, 0.5) is 5.82 Å². The van der Waals surface area contributed by atoms with Gasteiger partial charge in [0.25, 0.3) is 0 Å². The van der Waals surface area contributed by atoms with E-state index in [9.17, 15) is 0 Å². The van der Waals surface area contributed by atoms with E-state index in [1.165, 1.54) is 41.0 Å². The minimum absolute atomic E-state index is 0.124. The second-order valence-electron chi connectivity index (χ2n) is 10.2. The summed E-state index contributed by atoms with van der Waals surface area (Å²) in [7, 11) is 4.13. The van der Waals surface area contributed by atoms with Crippen LogP contribution in [0.5, 0.6) is 0 Å². The minimum Gasteiger partial charge on any atom is -0.369 e. The summed E-state index contributed by atoms with van der Waals surface area (Å²) in [4.78, 5) is 0. The van der Waals surface area contributed by atoms with E-state index < -0.39 is 0 Å². The number of thioether (sulfide) groups is 2. The molecule has 1 fully saturated rings. The molecule has 1 aliphatic carbocycles. The molecule has 2 aromatic rings. The van der Waals surface area contributed by atoms with Crippen LogP contribution in [0.1, 0.15) is 73.6 Å². The van der Waals surface area contributed by atoms with E-state index in [2.05, 4.69) is 85.7 Å². The van der Waals surface area contributed by atoms with Crippen molar-refractivity contribution in [3.63, 3.8) is 0 Å². The quantitative estimate of drug-likeness (QED) is 0.447. The number of aromatic nitrogens is 2. The highest BCUT2D eigenvalue weighted by Crippen LogP contribution is 2.54. The molecule has 7 heteroatoms. The first kappa shape index (κ1) is 24.3. The van der Waals surface area contributed by atoms with Gasteiger partial charge in [0, 0.05) is 46.1 Å². The highest BCUT2D eigenvalue weighted by Gasteiger charge is 2.41. The molecule has 2 unspecified atom stereocenters. The van der Waals surface area contributed by atoms with Gasteiger partial charge in [0.05, 0.1) is 10.9 Å². The van der Waals surface area contributed by atoms with Gasteiger partial charge >= 0.3 is 0 Å². The number of benzene rings is 1. The first-order valence-electron chi connectivity index (χ1n) is 11.7. The fraction of sp³-hybridized carbons (Fsp3) is 0.640. The molecule has 2 N–H and O–H groups in total. The Labute approximate surface area is 207 Å². The van der Waals surface area contributed by atoms with Gasteiger partial charge < -0.3 is 10.6 Å². The summed E-state index contributed by atoms with van der Waals surface area (Å²) in [6, 6.07) is 6.39. The molecule has 1 aliphatic heterocycles. The Hall–Kier alpha value is -0.820. The third-order valence-electron chi connectivity index (χ3n) is 6.61. The number of hydrogen-bond acceptors (Lipinski definition) is 5. The Morgan fingerprint density at radius 3 is 2.78 bits per heavy atom. The molecule has 1 aromatic carbocycles. The van der Waals surface area contributed by atoms with Gasteiger partial charge in [-0.1, -0.05) is 17.7 Å². The SMILES string of the molecule is CNCC(C)(C)SCCC1(C)CNc2c(c(C3CC3)nn2C)C(c2ccc(Cl)cc2C)S1. The van der Waals surface area contributed by atoms with Crippen LogP contribution in [-0.4, -0.2) is 45.2 Å². The number of halogens is 1. The van der Waals surface area contributed by atoms with Gasteiger partial charge in [-0.25, -0.2) is 0 Å². The molecule has 0 spiro atoms. The maximum Gasteiger partial charge on any atom is 0.128 e. The fourth-order valence-electron chi connectivity index (χ4n) is 4.66. The van der Waals surface area contributed by atoms with Crippen LogP contribution in [-0.2, 0) is 7.05 Å².